The van der Waals surface area contributed by atoms with Crippen molar-refractivity contribution >= 4 is 55.6 Å². The molecule has 0 aliphatic carbocycles. The number of amides is 1. The number of nitrogens with zero attached hydrogens (tertiary/aromatic N) is 4. The number of anilines is 3. The molecular weight excluding hydrogens is 681 g/mol. The van der Waals surface area contributed by atoms with Gasteiger partial charge in [0.25, 0.3) is 5.91 Å². The molecule has 0 saturated heterocycles. The number of carbonyl (C=O) groups excluding carboxylic acids is 1. The van der Waals surface area contributed by atoms with Crippen LogP contribution in [0.5, 0.6) is 0 Å². The number of fused-ring (bicyclic) bond motifs is 2. The summed E-state index contributed by atoms with van der Waals surface area (Å²) in [6, 6.07) is 12.6. The molecule has 1 aliphatic rings. The second kappa shape index (κ2) is 12.0. The molecule has 2 atom stereocenters. The summed E-state index contributed by atoms with van der Waals surface area (Å²) in [5.41, 5.74) is 6.84. The van der Waals surface area contributed by atoms with Crippen molar-refractivity contribution in [1.82, 2.24) is 14.8 Å². The van der Waals surface area contributed by atoms with Crippen LogP contribution in [0.4, 0.5) is 39.1 Å². The number of nitrogens with two attached hydrogens (primary N) is 1. The molecule has 48 heavy (non-hydrogen) atoms. The van der Waals surface area contributed by atoms with Gasteiger partial charge in [-0.1, -0.05) is 23.7 Å². The predicted octanol–water partition coefficient (Wildman–Crippen LogP) is 5.93. The van der Waals surface area contributed by atoms with Gasteiger partial charge < -0.3 is 11.1 Å². The Hall–Kier alpha value is -4.80. The zero-order chi connectivity index (χ0) is 34.7. The fourth-order valence-corrected chi connectivity index (χ4v) is 6.45. The van der Waals surface area contributed by atoms with Gasteiger partial charge in [0.15, 0.2) is 5.82 Å². The van der Waals surface area contributed by atoms with Crippen molar-refractivity contribution < 1.29 is 35.2 Å². The summed E-state index contributed by atoms with van der Waals surface area (Å²) in [6.45, 7) is 0. The lowest BCUT2D eigenvalue weighted by Gasteiger charge is -2.41. The van der Waals surface area contributed by atoms with E-state index in [1.165, 1.54) is 59.1 Å². The highest BCUT2D eigenvalue weighted by Gasteiger charge is 2.39. The Morgan fingerprint density at radius 3 is 2.44 bits per heavy atom. The molecule has 2 aromatic heterocycles. The van der Waals surface area contributed by atoms with Crippen LogP contribution in [0.15, 0.2) is 66.7 Å². The smallest absolute Gasteiger partial charge is 0.363 e. The number of benzene rings is 3. The minimum absolute atomic E-state index is 0.000545. The normalized spacial score (nSPS) is 15.7. The molecule has 0 spiro atoms. The van der Waals surface area contributed by atoms with E-state index in [1.54, 1.807) is 0 Å². The fraction of sp³-hybridized carbons (Fsp3) is 0.194. The Bertz CT molecular complexity index is 2190. The van der Waals surface area contributed by atoms with Crippen molar-refractivity contribution in [3.05, 3.63) is 100 Å². The molecule has 0 fully saturated rings. The molecule has 2 unspecified atom stereocenters. The third kappa shape index (κ3) is 6.37. The van der Waals surface area contributed by atoms with Crippen LogP contribution in [0.25, 0.3) is 22.2 Å². The van der Waals surface area contributed by atoms with Gasteiger partial charge in [0, 0.05) is 30.4 Å². The number of aromatic nitrogens is 3. The zero-order valence-electron chi connectivity index (χ0n) is 25.0. The number of rotatable bonds is 7. The standard InChI is InChI=1S/C31H25ClF5N7O3S/c1-43-27-24(9-8-20(32)26(27)28(41-43)42-48(2,46)47)44-29(21(38)12-15-10-17(33)14-18(34)11-15)40-23-13-16(6-7-19(23)30(44)45)22-4-3-5-25(39-22)31(35,36)37/h3-11,13-14,21,29,40H,12,38H2,1-2H3,(H,41,42). The van der Waals surface area contributed by atoms with Crippen molar-refractivity contribution in [3.63, 3.8) is 0 Å². The minimum Gasteiger partial charge on any atom is -0.363 e. The Kier molecular flexibility index (Phi) is 8.29. The Balaban J connectivity index is 1.50. The number of hydrogen-bond acceptors (Lipinski definition) is 7. The lowest BCUT2D eigenvalue weighted by atomic mass is 9.96. The fourth-order valence-electron chi connectivity index (χ4n) is 5.71. The van der Waals surface area contributed by atoms with E-state index in [1.807, 2.05) is 0 Å². The number of nitrogens with one attached hydrogen (secondary N) is 2. The molecule has 1 aliphatic heterocycles. The number of hydrogen-bond donors (Lipinski definition) is 3. The van der Waals surface area contributed by atoms with Crippen LogP contribution in [-0.2, 0) is 29.7 Å². The third-order valence-electron chi connectivity index (χ3n) is 7.64. The van der Waals surface area contributed by atoms with Crippen LogP contribution in [0.3, 0.4) is 0 Å². The van der Waals surface area contributed by atoms with E-state index in [9.17, 15) is 35.2 Å². The number of aryl methyl sites for hydroxylation is 1. The van der Waals surface area contributed by atoms with Crippen molar-refractivity contribution in [2.45, 2.75) is 24.8 Å². The molecule has 0 bridgehead atoms. The van der Waals surface area contributed by atoms with Gasteiger partial charge in [-0.15, -0.1) is 0 Å². The summed E-state index contributed by atoms with van der Waals surface area (Å²) in [7, 11) is -2.27. The van der Waals surface area contributed by atoms with E-state index in [4.69, 9.17) is 17.3 Å². The van der Waals surface area contributed by atoms with Crippen molar-refractivity contribution in [2.75, 3.05) is 21.2 Å². The van der Waals surface area contributed by atoms with Crippen LogP contribution >= 0.6 is 11.6 Å². The summed E-state index contributed by atoms with van der Waals surface area (Å²) in [5.74, 6) is -2.34. The zero-order valence-corrected chi connectivity index (χ0v) is 26.6. The predicted molar refractivity (Wildman–Crippen MR) is 171 cm³/mol. The average Bonchev–Trinajstić information content (AvgIpc) is 3.31. The molecule has 1 amide bonds. The highest BCUT2D eigenvalue weighted by Crippen LogP contribution is 2.41. The van der Waals surface area contributed by atoms with Gasteiger partial charge in [0.2, 0.25) is 10.0 Å². The second-order valence-electron chi connectivity index (χ2n) is 11.2. The van der Waals surface area contributed by atoms with Gasteiger partial charge in [-0.2, -0.15) is 18.3 Å². The van der Waals surface area contributed by atoms with E-state index in [2.05, 4.69) is 20.1 Å². The molecule has 17 heteroatoms. The van der Waals surface area contributed by atoms with E-state index >= 15 is 0 Å². The molecule has 4 N–H and O–H groups in total. The maximum atomic E-state index is 14.4. The summed E-state index contributed by atoms with van der Waals surface area (Å²) in [4.78, 5) is 19.4. The largest absolute Gasteiger partial charge is 0.433 e. The van der Waals surface area contributed by atoms with E-state index in [-0.39, 0.29) is 61.9 Å². The van der Waals surface area contributed by atoms with Gasteiger partial charge in [-0.25, -0.2) is 22.2 Å². The van der Waals surface area contributed by atoms with Gasteiger partial charge >= 0.3 is 6.18 Å². The molecule has 3 heterocycles. The van der Waals surface area contributed by atoms with Gasteiger partial charge in [-0.3, -0.25) is 19.1 Å². The Labute approximate surface area is 275 Å². The van der Waals surface area contributed by atoms with Crippen molar-refractivity contribution in [1.29, 1.82) is 0 Å². The van der Waals surface area contributed by atoms with Crippen molar-refractivity contribution in [2.24, 2.45) is 12.8 Å². The highest BCUT2D eigenvalue weighted by molar-refractivity contribution is 7.92. The summed E-state index contributed by atoms with van der Waals surface area (Å²) in [5, 5.41) is 7.77. The van der Waals surface area contributed by atoms with E-state index < -0.39 is 51.6 Å². The SMILES string of the molecule is Cn1nc(NS(C)(=O)=O)c2c(Cl)ccc(N3C(=O)c4ccc(-c5cccc(C(F)(F)F)n5)cc4NC3C(N)Cc3cc(F)cc(F)c3)c21. The maximum absolute atomic E-state index is 14.4. The van der Waals surface area contributed by atoms with Crippen LogP contribution in [0, 0.1) is 11.6 Å². The van der Waals surface area contributed by atoms with Crippen LogP contribution < -0.4 is 20.7 Å². The first-order chi connectivity index (χ1) is 22.5. The van der Waals surface area contributed by atoms with Gasteiger partial charge in [0.1, 0.15) is 23.5 Å². The molecule has 3 aromatic carbocycles. The number of carbonyl (C=O) groups is 1. The second-order valence-corrected chi connectivity index (χ2v) is 13.4. The highest BCUT2D eigenvalue weighted by atomic mass is 35.5. The minimum atomic E-state index is -4.68. The van der Waals surface area contributed by atoms with Gasteiger partial charge in [0.05, 0.1) is 39.1 Å². The number of alkyl halides is 3. The molecule has 10 nitrogen and oxygen atoms in total. The first-order valence-corrected chi connectivity index (χ1v) is 16.4. The summed E-state index contributed by atoms with van der Waals surface area (Å²) < 4.78 is 96.2. The first-order valence-electron chi connectivity index (χ1n) is 14.1. The number of pyridine rings is 1. The molecule has 6 rings (SSSR count). The lowest BCUT2D eigenvalue weighted by molar-refractivity contribution is -0.141. The first kappa shape index (κ1) is 33.1. The van der Waals surface area contributed by atoms with Crippen LogP contribution in [0.1, 0.15) is 21.6 Å². The number of sulfonamides is 1. The van der Waals surface area contributed by atoms with E-state index in [0.717, 1.165) is 24.5 Å². The molecule has 5 aromatic rings. The molecular formula is C31H25ClF5N7O3S. The quantitative estimate of drug-likeness (QED) is 0.179. The topological polar surface area (TPSA) is 135 Å². The van der Waals surface area contributed by atoms with E-state index in [0.29, 0.717) is 6.07 Å². The monoisotopic (exact) mass is 705 g/mol. The Morgan fingerprint density at radius 1 is 1.06 bits per heavy atom. The summed E-state index contributed by atoms with van der Waals surface area (Å²) >= 11 is 6.50. The number of halogens is 6. The van der Waals surface area contributed by atoms with Crippen molar-refractivity contribution in [3.8, 4) is 11.3 Å². The Morgan fingerprint density at radius 2 is 1.77 bits per heavy atom. The van der Waals surface area contributed by atoms with Crippen LogP contribution in [0.2, 0.25) is 5.02 Å². The molecule has 0 radical (unpaired) electrons. The van der Waals surface area contributed by atoms with Crippen LogP contribution in [-0.4, -0.2) is 47.6 Å². The average molecular weight is 706 g/mol. The lowest BCUT2D eigenvalue weighted by Crippen LogP contribution is -2.58. The van der Waals surface area contributed by atoms with Gasteiger partial charge in [-0.05, 0) is 60.5 Å². The third-order valence-corrected chi connectivity index (χ3v) is 8.52. The molecule has 0 saturated carbocycles. The molecule has 250 valence electrons. The maximum Gasteiger partial charge on any atom is 0.433 e. The summed E-state index contributed by atoms with van der Waals surface area (Å²) in [6.07, 6.45) is -4.98.